The van der Waals surface area contributed by atoms with Crippen LogP contribution in [0.2, 0.25) is 0 Å². The minimum absolute atomic E-state index is 0.00728. The van der Waals surface area contributed by atoms with Crippen molar-refractivity contribution in [1.29, 1.82) is 0 Å². The van der Waals surface area contributed by atoms with Crippen LogP contribution in [-0.2, 0) is 4.74 Å². The maximum atomic E-state index is 5.84. The monoisotopic (exact) mass is 225 g/mol. The number of aromatic nitrogens is 2. The lowest BCUT2D eigenvalue weighted by molar-refractivity contribution is 0.183. The number of rotatable bonds is 6. The average molecular weight is 225 g/mol. The summed E-state index contributed by atoms with van der Waals surface area (Å²) >= 11 is 0. The van der Waals surface area contributed by atoms with Gasteiger partial charge in [-0.2, -0.15) is 5.10 Å². The van der Waals surface area contributed by atoms with Gasteiger partial charge in [0, 0.05) is 38.9 Å². The van der Waals surface area contributed by atoms with Crippen molar-refractivity contribution in [1.82, 2.24) is 15.1 Å². The first-order valence-electron chi connectivity index (χ1n) is 5.54. The zero-order chi connectivity index (χ0) is 11.4. The normalized spacial score (nSPS) is 18.1. The Hall–Kier alpha value is -1.11. The Balaban J connectivity index is 1.86. The molecular formula is C10H19N5O. The molecule has 0 aliphatic carbocycles. The van der Waals surface area contributed by atoms with E-state index in [-0.39, 0.29) is 6.04 Å². The SMILES string of the molecule is COC[C@H](N)CNc1ccnn1C1CNC1. The van der Waals surface area contributed by atoms with Gasteiger partial charge < -0.3 is 21.1 Å². The van der Waals surface area contributed by atoms with E-state index in [1.807, 2.05) is 16.9 Å². The second kappa shape index (κ2) is 5.29. The molecule has 16 heavy (non-hydrogen) atoms. The summed E-state index contributed by atoms with van der Waals surface area (Å²) in [5, 5.41) is 10.8. The average Bonchev–Trinajstić information content (AvgIpc) is 2.61. The summed E-state index contributed by atoms with van der Waals surface area (Å²) in [5.74, 6) is 1.03. The molecule has 4 N–H and O–H groups in total. The molecule has 0 bridgehead atoms. The quantitative estimate of drug-likeness (QED) is 0.603. The van der Waals surface area contributed by atoms with Crippen molar-refractivity contribution < 1.29 is 4.74 Å². The first kappa shape index (κ1) is 11.4. The fraction of sp³-hybridized carbons (Fsp3) is 0.700. The van der Waals surface area contributed by atoms with E-state index in [9.17, 15) is 0 Å². The fourth-order valence-corrected chi connectivity index (χ4v) is 1.70. The molecule has 0 aromatic carbocycles. The largest absolute Gasteiger partial charge is 0.383 e. The van der Waals surface area contributed by atoms with Crippen molar-refractivity contribution in [3.63, 3.8) is 0 Å². The van der Waals surface area contributed by atoms with E-state index in [0.717, 1.165) is 18.9 Å². The van der Waals surface area contributed by atoms with Crippen molar-refractivity contribution >= 4 is 5.82 Å². The van der Waals surface area contributed by atoms with Crippen molar-refractivity contribution in [2.24, 2.45) is 5.73 Å². The third kappa shape index (κ3) is 2.52. The Kier molecular flexibility index (Phi) is 3.76. The number of nitrogens with one attached hydrogen (secondary N) is 2. The minimum atomic E-state index is 0.00728. The topological polar surface area (TPSA) is 77.1 Å². The van der Waals surface area contributed by atoms with Crippen LogP contribution in [0.15, 0.2) is 12.3 Å². The molecule has 90 valence electrons. The lowest BCUT2D eigenvalue weighted by Gasteiger charge is -2.29. The van der Waals surface area contributed by atoms with E-state index in [2.05, 4.69) is 15.7 Å². The third-order valence-corrected chi connectivity index (χ3v) is 2.70. The second-order valence-corrected chi connectivity index (χ2v) is 4.07. The van der Waals surface area contributed by atoms with Crippen LogP contribution in [0.4, 0.5) is 5.82 Å². The fourth-order valence-electron chi connectivity index (χ4n) is 1.70. The Morgan fingerprint density at radius 1 is 1.75 bits per heavy atom. The van der Waals surface area contributed by atoms with Crippen LogP contribution in [-0.4, -0.2) is 49.2 Å². The van der Waals surface area contributed by atoms with Gasteiger partial charge in [-0.05, 0) is 0 Å². The smallest absolute Gasteiger partial charge is 0.124 e. The van der Waals surface area contributed by atoms with Crippen LogP contribution < -0.4 is 16.4 Å². The summed E-state index contributed by atoms with van der Waals surface area (Å²) in [4.78, 5) is 0. The Bertz CT molecular complexity index is 323. The number of ether oxygens (including phenoxy) is 1. The first-order chi connectivity index (χ1) is 7.81. The van der Waals surface area contributed by atoms with Gasteiger partial charge in [0.25, 0.3) is 0 Å². The van der Waals surface area contributed by atoms with Crippen LogP contribution in [0, 0.1) is 0 Å². The Morgan fingerprint density at radius 3 is 3.19 bits per heavy atom. The number of nitrogens with two attached hydrogens (primary N) is 1. The molecule has 2 heterocycles. The van der Waals surface area contributed by atoms with Crippen molar-refractivity contribution in [3.8, 4) is 0 Å². The van der Waals surface area contributed by atoms with Crippen LogP contribution in [0.25, 0.3) is 0 Å². The number of hydrogen-bond donors (Lipinski definition) is 3. The first-order valence-corrected chi connectivity index (χ1v) is 5.54. The van der Waals surface area contributed by atoms with E-state index in [1.165, 1.54) is 0 Å². The van der Waals surface area contributed by atoms with Gasteiger partial charge in [-0.3, -0.25) is 0 Å². The Morgan fingerprint density at radius 2 is 2.56 bits per heavy atom. The number of methoxy groups -OCH3 is 1. The van der Waals surface area contributed by atoms with E-state index in [1.54, 1.807) is 7.11 Å². The molecule has 6 nitrogen and oxygen atoms in total. The predicted octanol–water partition coefficient (Wildman–Crippen LogP) is -0.587. The molecule has 2 rings (SSSR count). The molecule has 0 amide bonds. The molecule has 1 aliphatic heterocycles. The van der Waals surface area contributed by atoms with Gasteiger partial charge in [-0.1, -0.05) is 0 Å². The zero-order valence-electron chi connectivity index (χ0n) is 9.52. The molecule has 0 unspecified atom stereocenters. The second-order valence-electron chi connectivity index (χ2n) is 4.07. The number of hydrogen-bond acceptors (Lipinski definition) is 5. The van der Waals surface area contributed by atoms with Gasteiger partial charge in [-0.25, -0.2) is 4.68 Å². The highest BCUT2D eigenvalue weighted by atomic mass is 16.5. The van der Waals surface area contributed by atoms with E-state index < -0.39 is 0 Å². The molecule has 1 saturated heterocycles. The van der Waals surface area contributed by atoms with Crippen LogP contribution >= 0.6 is 0 Å². The lowest BCUT2D eigenvalue weighted by Crippen LogP contribution is -2.44. The standard InChI is InChI=1S/C10H19N5O/c1-16-7-8(11)4-13-10-2-3-14-15(10)9-5-12-6-9/h2-3,8-9,12-13H,4-7,11H2,1H3/t8-/m1/s1. The van der Waals surface area contributed by atoms with E-state index >= 15 is 0 Å². The molecule has 1 aromatic rings. The van der Waals surface area contributed by atoms with Crippen LogP contribution in [0.3, 0.4) is 0 Å². The molecule has 6 heteroatoms. The minimum Gasteiger partial charge on any atom is -0.383 e. The number of nitrogens with zero attached hydrogens (tertiary/aromatic N) is 2. The molecule has 1 fully saturated rings. The third-order valence-electron chi connectivity index (χ3n) is 2.70. The summed E-state index contributed by atoms with van der Waals surface area (Å²) in [5.41, 5.74) is 5.84. The summed E-state index contributed by atoms with van der Waals surface area (Å²) in [6.07, 6.45) is 1.81. The Labute approximate surface area is 95.1 Å². The van der Waals surface area contributed by atoms with Crippen LogP contribution in [0.5, 0.6) is 0 Å². The van der Waals surface area contributed by atoms with E-state index in [4.69, 9.17) is 10.5 Å². The zero-order valence-corrected chi connectivity index (χ0v) is 9.52. The molecular weight excluding hydrogens is 206 g/mol. The van der Waals surface area contributed by atoms with Gasteiger partial charge in [0.2, 0.25) is 0 Å². The summed E-state index contributed by atoms with van der Waals surface area (Å²) in [6.45, 7) is 3.23. The van der Waals surface area contributed by atoms with Gasteiger partial charge in [0.05, 0.1) is 18.8 Å². The lowest BCUT2D eigenvalue weighted by atomic mass is 10.2. The highest BCUT2D eigenvalue weighted by molar-refractivity contribution is 5.35. The van der Waals surface area contributed by atoms with Crippen molar-refractivity contribution in [2.75, 3.05) is 38.7 Å². The predicted molar refractivity (Wildman–Crippen MR) is 62.5 cm³/mol. The van der Waals surface area contributed by atoms with Crippen molar-refractivity contribution in [3.05, 3.63) is 12.3 Å². The number of anilines is 1. The van der Waals surface area contributed by atoms with Gasteiger partial charge in [-0.15, -0.1) is 0 Å². The molecule has 0 saturated carbocycles. The van der Waals surface area contributed by atoms with Crippen LogP contribution in [0.1, 0.15) is 6.04 Å². The molecule has 0 radical (unpaired) electrons. The highest BCUT2D eigenvalue weighted by Crippen LogP contribution is 2.17. The summed E-state index contributed by atoms with van der Waals surface area (Å²) < 4.78 is 7.00. The summed E-state index contributed by atoms with van der Waals surface area (Å²) in [6, 6.07) is 2.45. The molecule has 1 atom stereocenters. The molecule has 1 aliphatic rings. The molecule has 1 aromatic heterocycles. The highest BCUT2D eigenvalue weighted by Gasteiger charge is 2.21. The maximum absolute atomic E-state index is 5.84. The van der Waals surface area contributed by atoms with Gasteiger partial charge >= 0.3 is 0 Å². The summed E-state index contributed by atoms with van der Waals surface area (Å²) in [7, 11) is 1.66. The van der Waals surface area contributed by atoms with E-state index in [0.29, 0.717) is 19.2 Å². The molecule has 0 spiro atoms. The van der Waals surface area contributed by atoms with Gasteiger partial charge in [0.1, 0.15) is 5.82 Å². The maximum Gasteiger partial charge on any atom is 0.124 e. The van der Waals surface area contributed by atoms with Gasteiger partial charge in [0.15, 0.2) is 0 Å². The van der Waals surface area contributed by atoms with Crippen molar-refractivity contribution in [2.45, 2.75) is 12.1 Å².